The van der Waals surface area contributed by atoms with Crippen LogP contribution in [-0.2, 0) is 0 Å². The van der Waals surface area contributed by atoms with Gasteiger partial charge in [0.15, 0.2) is 0 Å². The lowest BCUT2D eigenvalue weighted by Crippen LogP contribution is -2.41. The van der Waals surface area contributed by atoms with E-state index in [4.69, 9.17) is 0 Å². The molecule has 98 valence electrons. The molecule has 1 aromatic rings. The van der Waals surface area contributed by atoms with Gasteiger partial charge in [-0.1, -0.05) is 22.9 Å². The van der Waals surface area contributed by atoms with Crippen LogP contribution in [0.3, 0.4) is 0 Å². The van der Waals surface area contributed by atoms with E-state index in [2.05, 4.69) is 44.1 Å². The zero-order valence-corrected chi connectivity index (χ0v) is 13.4. The molecule has 0 aliphatic carbocycles. The third kappa shape index (κ3) is 3.48. The first-order valence-electron chi connectivity index (χ1n) is 6.07. The molecular formula is C13H16Br2N2O. The molecule has 2 rings (SSSR count). The Bertz CT molecular complexity index is 451. The number of anilines is 1. The van der Waals surface area contributed by atoms with Crippen molar-refractivity contribution in [2.75, 3.05) is 18.4 Å². The van der Waals surface area contributed by atoms with Gasteiger partial charge in [-0.25, -0.2) is 4.79 Å². The molecule has 1 atom stereocenters. The molecule has 0 aromatic heterocycles. The molecule has 0 spiro atoms. The van der Waals surface area contributed by atoms with Crippen molar-refractivity contribution in [1.82, 2.24) is 4.90 Å². The molecule has 0 radical (unpaired) electrons. The Balaban J connectivity index is 2.02. The highest BCUT2D eigenvalue weighted by Crippen LogP contribution is 2.26. The maximum atomic E-state index is 12.1. The maximum absolute atomic E-state index is 12.1. The quantitative estimate of drug-likeness (QED) is 0.771. The summed E-state index contributed by atoms with van der Waals surface area (Å²) in [4.78, 5) is 14.0. The fourth-order valence-electron chi connectivity index (χ4n) is 2.16. The Hall–Kier alpha value is -0.550. The highest BCUT2D eigenvalue weighted by Gasteiger charge is 2.21. The van der Waals surface area contributed by atoms with Gasteiger partial charge in [-0.05, 0) is 52.9 Å². The van der Waals surface area contributed by atoms with E-state index < -0.39 is 0 Å². The number of benzene rings is 1. The van der Waals surface area contributed by atoms with Crippen LogP contribution in [0.4, 0.5) is 10.5 Å². The van der Waals surface area contributed by atoms with Gasteiger partial charge in [-0.2, -0.15) is 0 Å². The highest BCUT2D eigenvalue weighted by atomic mass is 79.9. The SMILES string of the molecule is CC1CCCN(C(=O)Nc2ccc(Br)cc2Br)C1. The molecule has 1 aromatic carbocycles. The Kier molecular flexibility index (Phi) is 4.67. The van der Waals surface area contributed by atoms with Crippen LogP contribution in [0.1, 0.15) is 19.8 Å². The third-order valence-electron chi connectivity index (χ3n) is 3.12. The van der Waals surface area contributed by atoms with Crippen molar-refractivity contribution >= 4 is 43.6 Å². The lowest BCUT2D eigenvalue weighted by molar-refractivity contribution is 0.182. The van der Waals surface area contributed by atoms with Gasteiger partial charge in [-0.15, -0.1) is 0 Å². The van der Waals surface area contributed by atoms with Gasteiger partial charge in [0, 0.05) is 22.0 Å². The summed E-state index contributed by atoms with van der Waals surface area (Å²) >= 11 is 6.84. The first kappa shape index (κ1) is 13.9. The van der Waals surface area contributed by atoms with Crippen molar-refractivity contribution in [3.05, 3.63) is 27.1 Å². The molecule has 3 nitrogen and oxygen atoms in total. The molecule has 5 heteroatoms. The Morgan fingerprint density at radius 3 is 2.89 bits per heavy atom. The number of rotatable bonds is 1. The van der Waals surface area contributed by atoms with Crippen molar-refractivity contribution < 1.29 is 4.79 Å². The average Bonchev–Trinajstić information content (AvgIpc) is 2.32. The number of halogens is 2. The standard InChI is InChI=1S/C13H16Br2N2O/c1-9-3-2-6-17(8-9)13(18)16-12-5-4-10(14)7-11(12)15/h4-5,7,9H,2-3,6,8H2,1H3,(H,16,18). The van der Waals surface area contributed by atoms with E-state index in [0.29, 0.717) is 5.92 Å². The molecular weight excluding hydrogens is 360 g/mol. The Morgan fingerprint density at radius 2 is 2.22 bits per heavy atom. The zero-order valence-electron chi connectivity index (χ0n) is 10.2. The fraction of sp³-hybridized carbons (Fsp3) is 0.462. The molecule has 1 unspecified atom stereocenters. The largest absolute Gasteiger partial charge is 0.324 e. The predicted octanol–water partition coefficient (Wildman–Crippen LogP) is 4.48. The molecule has 1 saturated heterocycles. The molecule has 2 amide bonds. The topological polar surface area (TPSA) is 32.3 Å². The van der Waals surface area contributed by atoms with E-state index in [1.807, 2.05) is 23.1 Å². The summed E-state index contributed by atoms with van der Waals surface area (Å²) in [6.45, 7) is 3.89. The second-order valence-corrected chi connectivity index (χ2v) is 6.52. The van der Waals surface area contributed by atoms with Gasteiger partial charge >= 0.3 is 6.03 Å². The van der Waals surface area contributed by atoms with Gasteiger partial charge in [0.25, 0.3) is 0 Å². The van der Waals surface area contributed by atoms with Crippen LogP contribution in [-0.4, -0.2) is 24.0 Å². The van der Waals surface area contributed by atoms with Crippen molar-refractivity contribution in [2.45, 2.75) is 19.8 Å². The fourth-order valence-corrected chi connectivity index (χ4v) is 3.31. The van der Waals surface area contributed by atoms with E-state index in [1.54, 1.807) is 0 Å². The normalized spacial score (nSPS) is 19.7. The maximum Gasteiger partial charge on any atom is 0.321 e. The lowest BCUT2D eigenvalue weighted by Gasteiger charge is -2.31. The first-order chi connectivity index (χ1) is 8.56. The predicted molar refractivity (Wildman–Crippen MR) is 80.8 cm³/mol. The van der Waals surface area contributed by atoms with E-state index >= 15 is 0 Å². The number of piperidine rings is 1. The molecule has 1 aliphatic heterocycles. The summed E-state index contributed by atoms with van der Waals surface area (Å²) < 4.78 is 1.87. The minimum atomic E-state index is -0.00966. The molecule has 1 fully saturated rings. The number of nitrogens with zero attached hydrogens (tertiary/aromatic N) is 1. The van der Waals surface area contributed by atoms with Crippen molar-refractivity contribution in [3.63, 3.8) is 0 Å². The number of carbonyl (C=O) groups is 1. The van der Waals surface area contributed by atoms with Crippen LogP contribution in [0.2, 0.25) is 0 Å². The number of likely N-dealkylation sites (tertiary alicyclic amines) is 1. The highest BCUT2D eigenvalue weighted by molar-refractivity contribution is 9.11. The van der Waals surface area contributed by atoms with Crippen LogP contribution < -0.4 is 5.32 Å². The van der Waals surface area contributed by atoms with Gasteiger partial charge in [0.2, 0.25) is 0 Å². The van der Waals surface area contributed by atoms with Gasteiger partial charge < -0.3 is 10.2 Å². The second-order valence-electron chi connectivity index (χ2n) is 4.75. The van der Waals surface area contributed by atoms with Crippen LogP contribution in [0.25, 0.3) is 0 Å². The summed E-state index contributed by atoms with van der Waals surface area (Å²) in [6, 6.07) is 5.72. The van der Waals surface area contributed by atoms with Gasteiger partial charge in [-0.3, -0.25) is 0 Å². The summed E-state index contributed by atoms with van der Waals surface area (Å²) in [6.07, 6.45) is 2.31. The minimum Gasteiger partial charge on any atom is -0.324 e. The number of amides is 2. The third-order valence-corrected chi connectivity index (χ3v) is 4.27. The molecule has 0 saturated carbocycles. The smallest absolute Gasteiger partial charge is 0.321 e. The first-order valence-corrected chi connectivity index (χ1v) is 7.66. The summed E-state index contributed by atoms with van der Waals surface area (Å²) in [5, 5.41) is 2.95. The Labute approximate surface area is 124 Å². The van der Waals surface area contributed by atoms with Crippen LogP contribution in [0, 0.1) is 5.92 Å². The number of carbonyl (C=O) groups excluding carboxylic acids is 1. The summed E-state index contributed by atoms with van der Waals surface area (Å²) in [5.41, 5.74) is 0.807. The van der Waals surface area contributed by atoms with Crippen LogP contribution in [0.15, 0.2) is 27.1 Å². The van der Waals surface area contributed by atoms with Crippen molar-refractivity contribution in [1.29, 1.82) is 0 Å². The minimum absolute atomic E-state index is 0.00966. The lowest BCUT2D eigenvalue weighted by atomic mass is 10.0. The van der Waals surface area contributed by atoms with Gasteiger partial charge in [0.1, 0.15) is 0 Å². The van der Waals surface area contributed by atoms with Gasteiger partial charge in [0.05, 0.1) is 5.69 Å². The molecule has 1 heterocycles. The van der Waals surface area contributed by atoms with E-state index in [9.17, 15) is 4.79 Å². The van der Waals surface area contributed by atoms with E-state index in [-0.39, 0.29) is 6.03 Å². The van der Waals surface area contributed by atoms with E-state index in [1.165, 1.54) is 6.42 Å². The number of hydrogen-bond donors (Lipinski definition) is 1. The zero-order chi connectivity index (χ0) is 13.1. The van der Waals surface area contributed by atoms with Crippen LogP contribution >= 0.6 is 31.9 Å². The second kappa shape index (κ2) is 6.06. The van der Waals surface area contributed by atoms with E-state index in [0.717, 1.165) is 34.1 Å². The molecule has 1 N–H and O–H groups in total. The van der Waals surface area contributed by atoms with Crippen molar-refractivity contribution in [2.24, 2.45) is 5.92 Å². The monoisotopic (exact) mass is 374 g/mol. The summed E-state index contributed by atoms with van der Waals surface area (Å²) in [5.74, 6) is 0.595. The Morgan fingerprint density at radius 1 is 1.44 bits per heavy atom. The molecule has 18 heavy (non-hydrogen) atoms. The number of nitrogens with one attached hydrogen (secondary N) is 1. The molecule has 1 aliphatic rings. The number of urea groups is 1. The molecule has 0 bridgehead atoms. The van der Waals surface area contributed by atoms with Crippen LogP contribution in [0.5, 0.6) is 0 Å². The van der Waals surface area contributed by atoms with Crippen molar-refractivity contribution in [3.8, 4) is 0 Å². The summed E-state index contributed by atoms with van der Waals surface area (Å²) in [7, 11) is 0. The number of hydrogen-bond acceptors (Lipinski definition) is 1. The average molecular weight is 376 g/mol.